The van der Waals surface area contributed by atoms with Crippen LogP contribution in [-0.4, -0.2) is 22.6 Å². The predicted octanol–water partition coefficient (Wildman–Crippen LogP) is 2.48. The average Bonchev–Trinajstić information content (AvgIpc) is 2.85. The van der Waals surface area contributed by atoms with Crippen molar-refractivity contribution in [2.45, 2.75) is 20.3 Å². The zero-order chi connectivity index (χ0) is 14.5. The molecule has 0 saturated heterocycles. The number of hydrogen-bond donors (Lipinski definition) is 2. The van der Waals surface area contributed by atoms with Gasteiger partial charge in [-0.2, -0.15) is 0 Å². The molecule has 1 aromatic carbocycles. The number of hydrogen-bond acceptors (Lipinski definition) is 5. The van der Waals surface area contributed by atoms with E-state index in [0.29, 0.717) is 17.9 Å². The van der Waals surface area contributed by atoms with Crippen molar-refractivity contribution in [3.8, 4) is 5.75 Å². The molecule has 0 radical (unpaired) electrons. The van der Waals surface area contributed by atoms with E-state index >= 15 is 0 Å². The summed E-state index contributed by atoms with van der Waals surface area (Å²) in [6, 6.07) is 5.60. The summed E-state index contributed by atoms with van der Waals surface area (Å²) in [6.45, 7) is 4.45. The molecule has 20 heavy (non-hydrogen) atoms. The van der Waals surface area contributed by atoms with E-state index in [9.17, 15) is 0 Å². The third-order valence-electron chi connectivity index (χ3n) is 2.95. The lowest BCUT2D eigenvalue weighted by atomic mass is 10.1. The van der Waals surface area contributed by atoms with E-state index in [2.05, 4.69) is 10.1 Å². The van der Waals surface area contributed by atoms with Crippen LogP contribution < -0.4 is 10.5 Å². The third-order valence-corrected chi connectivity index (χ3v) is 3.95. The molecular weight excluding hydrogens is 274 g/mol. The van der Waals surface area contributed by atoms with Gasteiger partial charge in [0.25, 0.3) is 0 Å². The normalized spacial score (nSPS) is 11.6. The molecule has 0 unspecified atom stereocenters. The van der Waals surface area contributed by atoms with Gasteiger partial charge in [0, 0.05) is 11.3 Å². The first-order valence-corrected chi connectivity index (χ1v) is 7.10. The van der Waals surface area contributed by atoms with E-state index < -0.39 is 0 Å². The molecular formula is C14H17N3O2S. The van der Waals surface area contributed by atoms with Crippen LogP contribution in [0.1, 0.15) is 21.7 Å². The van der Waals surface area contributed by atoms with Crippen molar-refractivity contribution in [2.24, 2.45) is 10.9 Å². The fourth-order valence-electron chi connectivity index (χ4n) is 1.84. The summed E-state index contributed by atoms with van der Waals surface area (Å²) < 4.78 is 5.75. The van der Waals surface area contributed by atoms with Gasteiger partial charge < -0.3 is 15.7 Å². The van der Waals surface area contributed by atoms with Crippen molar-refractivity contribution in [3.63, 3.8) is 0 Å². The summed E-state index contributed by atoms with van der Waals surface area (Å²) in [5, 5.41) is 11.9. The molecule has 3 N–H and O–H groups in total. The molecule has 0 spiro atoms. The monoisotopic (exact) mass is 291 g/mol. The number of oxime groups is 1. The van der Waals surface area contributed by atoms with Crippen molar-refractivity contribution >= 4 is 17.2 Å². The summed E-state index contributed by atoms with van der Waals surface area (Å²) >= 11 is 1.62. The number of benzene rings is 1. The highest BCUT2D eigenvalue weighted by Gasteiger charge is 2.09. The fraction of sp³-hybridized carbons (Fsp3) is 0.286. The average molecular weight is 291 g/mol. The van der Waals surface area contributed by atoms with Crippen molar-refractivity contribution in [3.05, 3.63) is 45.4 Å². The lowest BCUT2D eigenvalue weighted by Gasteiger charge is -2.11. The van der Waals surface area contributed by atoms with Crippen molar-refractivity contribution in [1.29, 1.82) is 0 Å². The summed E-state index contributed by atoms with van der Waals surface area (Å²) in [7, 11) is 0. The number of nitrogens with two attached hydrogens (primary N) is 1. The maximum Gasteiger partial charge on any atom is 0.173 e. The zero-order valence-corrected chi connectivity index (χ0v) is 12.3. The topological polar surface area (TPSA) is 80.7 Å². The first-order valence-electron chi connectivity index (χ1n) is 6.22. The molecule has 0 amide bonds. The standard InChI is InChI=1S/C14H17N3O2S/c1-9-3-4-12(11(7-9)14(15)17-18)19-6-5-13-10(2)16-8-20-13/h3-4,7-8,18H,5-6H2,1-2H3,(H2,15,17). The number of ether oxygens (including phenoxy) is 1. The van der Waals surface area contributed by atoms with Crippen LogP contribution in [0.25, 0.3) is 0 Å². The summed E-state index contributed by atoms with van der Waals surface area (Å²) in [5.41, 5.74) is 10.2. The number of rotatable bonds is 5. The molecule has 5 nitrogen and oxygen atoms in total. The van der Waals surface area contributed by atoms with Gasteiger partial charge in [0.05, 0.1) is 23.4 Å². The Morgan fingerprint density at radius 3 is 2.90 bits per heavy atom. The van der Waals surface area contributed by atoms with Gasteiger partial charge in [-0.1, -0.05) is 16.8 Å². The lowest BCUT2D eigenvalue weighted by Crippen LogP contribution is -2.15. The van der Waals surface area contributed by atoms with Crippen molar-refractivity contribution < 1.29 is 9.94 Å². The summed E-state index contributed by atoms with van der Waals surface area (Å²) in [4.78, 5) is 5.41. The fourth-order valence-corrected chi connectivity index (χ4v) is 2.61. The molecule has 2 rings (SSSR count). The van der Waals surface area contributed by atoms with E-state index in [0.717, 1.165) is 17.7 Å². The van der Waals surface area contributed by atoms with Gasteiger partial charge in [-0.05, 0) is 26.0 Å². The van der Waals surface area contributed by atoms with Crippen LogP contribution in [0.4, 0.5) is 0 Å². The Morgan fingerprint density at radius 1 is 1.45 bits per heavy atom. The first kappa shape index (κ1) is 14.3. The van der Waals surface area contributed by atoms with Gasteiger partial charge in [-0.25, -0.2) is 4.98 Å². The maximum absolute atomic E-state index is 8.82. The number of thiazole rings is 1. The zero-order valence-electron chi connectivity index (χ0n) is 11.5. The summed E-state index contributed by atoms with van der Waals surface area (Å²) in [5.74, 6) is 0.672. The smallest absolute Gasteiger partial charge is 0.173 e. The molecule has 0 bridgehead atoms. The van der Waals surface area contributed by atoms with Gasteiger partial charge in [0.15, 0.2) is 5.84 Å². The van der Waals surface area contributed by atoms with E-state index in [-0.39, 0.29) is 5.84 Å². The second kappa shape index (κ2) is 6.38. The molecule has 1 aromatic heterocycles. The molecule has 6 heteroatoms. The molecule has 1 heterocycles. The Balaban J connectivity index is 2.08. The van der Waals surface area contributed by atoms with Gasteiger partial charge in [0.2, 0.25) is 0 Å². The highest BCUT2D eigenvalue weighted by molar-refractivity contribution is 7.09. The van der Waals surface area contributed by atoms with Crippen molar-refractivity contribution in [1.82, 2.24) is 4.98 Å². The number of aryl methyl sites for hydroxylation is 2. The second-order valence-electron chi connectivity index (χ2n) is 4.44. The van der Waals surface area contributed by atoms with Crippen LogP contribution in [0.15, 0.2) is 28.9 Å². The van der Waals surface area contributed by atoms with Crippen LogP contribution in [0, 0.1) is 13.8 Å². The molecule has 0 aliphatic heterocycles. The van der Waals surface area contributed by atoms with Gasteiger partial charge in [0.1, 0.15) is 5.75 Å². The van der Waals surface area contributed by atoms with E-state index in [1.807, 2.05) is 37.6 Å². The molecule has 0 atom stereocenters. The molecule has 0 saturated carbocycles. The second-order valence-corrected chi connectivity index (χ2v) is 5.38. The number of nitrogens with zero attached hydrogens (tertiary/aromatic N) is 2. The van der Waals surface area contributed by atoms with E-state index in [4.69, 9.17) is 15.7 Å². The molecule has 0 aliphatic carbocycles. The largest absolute Gasteiger partial charge is 0.492 e. The SMILES string of the molecule is Cc1ccc(OCCc2scnc2C)c(/C(N)=N/O)c1. The minimum absolute atomic E-state index is 0.0534. The Bertz CT molecular complexity index is 623. The Kier molecular flexibility index (Phi) is 4.57. The van der Waals surface area contributed by atoms with Crippen LogP contribution in [0.3, 0.4) is 0 Å². The number of aromatic nitrogens is 1. The number of amidine groups is 1. The lowest BCUT2D eigenvalue weighted by molar-refractivity contribution is 0.314. The Labute approximate surface area is 121 Å². The van der Waals surface area contributed by atoms with Gasteiger partial charge in [-0.15, -0.1) is 11.3 Å². The molecule has 0 aliphatic rings. The Morgan fingerprint density at radius 2 is 2.25 bits per heavy atom. The Hall–Kier alpha value is -2.08. The van der Waals surface area contributed by atoms with Crippen LogP contribution >= 0.6 is 11.3 Å². The van der Waals surface area contributed by atoms with Crippen LogP contribution in [0.5, 0.6) is 5.75 Å². The van der Waals surface area contributed by atoms with Crippen LogP contribution in [-0.2, 0) is 6.42 Å². The minimum Gasteiger partial charge on any atom is -0.492 e. The van der Waals surface area contributed by atoms with E-state index in [1.165, 1.54) is 4.88 Å². The minimum atomic E-state index is 0.0534. The molecule has 0 fully saturated rings. The summed E-state index contributed by atoms with van der Waals surface area (Å²) in [6.07, 6.45) is 0.792. The first-order chi connectivity index (χ1) is 9.61. The third kappa shape index (κ3) is 3.27. The van der Waals surface area contributed by atoms with E-state index in [1.54, 1.807) is 11.3 Å². The predicted molar refractivity (Wildman–Crippen MR) is 79.7 cm³/mol. The van der Waals surface area contributed by atoms with Crippen LogP contribution in [0.2, 0.25) is 0 Å². The highest BCUT2D eigenvalue weighted by atomic mass is 32.1. The molecule has 2 aromatic rings. The van der Waals surface area contributed by atoms with Crippen molar-refractivity contribution in [2.75, 3.05) is 6.61 Å². The highest BCUT2D eigenvalue weighted by Crippen LogP contribution is 2.21. The van der Waals surface area contributed by atoms with Gasteiger partial charge >= 0.3 is 0 Å². The maximum atomic E-state index is 8.82. The quantitative estimate of drug-likeness (QED) is 0.384. The van der Waals surface area contributed by atoms with Gasteiger partial charge in [-0.3, -0.25) is 0 Å². The molecule has 106 valence electrons.